The zero-order valence-corrected chi connectivity index (χ0v) is 16.4. The van der Waals surface area contributed by atoms with Crippen molar-refractivity contribution >= 4 is 5.91 Å². The van der Waals surface area contributed by atoms with Gasteiger partial charge in [0.1, 0.15) is 5.82 Å². The minimum atomic E-state index is -0.452. The Morgan fingerprint density at radius 2 is 2.07 bits per heavy atom. The summed E-state index contributed by atoms with van der Waals surface area (Å²) in [7, 11) is 1.43. The first-order chi connectivity index (χ1) is 14.2. The van der Waals surface area contributed by atoms with E-state index in [2.05, 4.69) is 9.97 Å². The molecular formula is C23H24FN3O2. The van der Waals surface area contributed by atoms with E-state index in [1.807, 2.05) is 41.4 Å². The van der Waals surface area contributed by atoms with E-state index in [1.165, 1.54) is 13.2 Å². The number of benzene rings is 2. The van der Waals surface area contributed by atoms with Crippen molar-refractivity contribution in [3.63, 3.8) is 0 Å². The maximum Gasteiger partial charge on any atom is 0.227 e. The molecule has 2 aromatic carbocycles. The molecule has 6 heteroatoms. The highest BCUT2D eigenvalue weighted by Gasteiger charge is 2.30. The zero-order chi connectivity index (χ0) is 20.2. The molecule has 3 aromatic rings. The van der Waals surface area contributed by atoms with E-state index in [0.29, 0.717) is 12.1 Å². The lowest BCUT2D eigenvalue weighted by Gasteiger charge is -2.34. The Labute approximate surface area is 169 Å². The highest BCUT2D eigenvalue weighted by Crippen LogP contribution is 2.31. The molecule has 1 N–H and O–H groups in total. The Kier molecular flexibility index (Phi) is 5.60. The van der Waals surface area contributed by atoms with Crippen LogP contribution in [0.4, 0.5) is 4.39 Å². The standard InChI is InChI=1S/C23H24FN3O2/c1-29-21-11-10-16(13-18(21)24)14-22(28)27-12-6-5-9-20(27)23-25-15-19(26-23)17-7-3-2-4-8-17/h2-4,7-8,10-11,13,15,20H,5-6,9,12,14H2,1H3,(H,25,26)/t20-/m1/s1. The van der Waals surface area contributed by atoms with Crippen LogP contribution in [0.1, 0.15) is 36.7 Å². The second kappa shape index (κ2) is 8.47. The molecule has 0 unspecified atom stereocenters. The van der Waals surface area contributed by atoms with Crippen LogP contribution < -0.4 is 4.74 Å². The lowest BCUT2D eigenvalue weighted by Crippen LogP contribution is -2.39. The number of carbonyl (C=O) groups is 1. The van der Waals surface area contributed by atoms with Crippen molar-refractivity contribution in [2.75, 3.05) is 13.7 Å². The first-order valence-corrected chi connectivity index (χ1v) is 9.88. The number of hydrogen-bond donors (Lipinski definition) is 1. The van der Waals surface area contributed by atoms with Crippen LogP contribution in [0.25, 0.3) is 11.3 Å². The van der Waals surface area contributed by atoms with Crippen LogP contribution in [0, 0.1) is 5.82 Å². The predicted octanol–water partition coefficient (Wildman–Crippen LogP) is 4.52. The van der Waals surface area contributed by atoms with E-state index in [9.17, 15) is 9.18 Å². The van der Waals surface area contributed by atoms with E-state index < -0.39 is 5.82 Å². The van der Waals surface area contributed by atoms with Crippen molar-refractivity contribution in [1.29, 1.82) is 0 Å². The minimum Gasteiger partial charge on any atom is -0.494 e. The number of methoxy groups -OCH3 is 1. The summed E-state index contributed by atoms with van der Waals surface area (Å²) in [6, 6.07) is 14.6. The first kappa shape index (κ1) is 19.2. The Balaban J connectivity index is 1.52. The van der Waals surface area contributed by atoms with Gasteiger partial charge >= 0.3 is 0 Å². The summed E-state index contributed by atoms with van der Waals surface area (Å²) in [5.41, 5.74) is 2.64. The predicted molar refractivity (Wildman–Crippen MR) is 109 cm³/mol. The maximum atomic E-state index is 14.0. The molecule has 0 radical (unpaired) electrons. The Morgan fingerprint density at radius 3 is 2.83 bits per heavy atom. The van der Waals surface area contributed by atoms with Gasteiger partial charge in [0.25, 0.3) is 0 Å². The number of carbonyl (C=O) groups excluding carboxylic acids is 1. The monoisotopic (exact) mass is 393 g/mol. The van der Waals surface area contributed by atoms with Gasteiger partial charge in [0.05, 0.1) is 31.5 Å². The molecule has 29 heavy (non-hydrogen) atoms. The van der Waals surface area contributed by atoms with Gasteiger partial charge in [-0.1, -0.05) is 36.4 Å². The summed E-state index contributed by atoms with van der Waals surface area (Å²) >= 11 is 0. The molecule has 1 saturated heterocycles. The van der Waals surface area contributed by atoms with E-state index in [1.54, 1.807) is 12.1 Å². The number of nitrogens with zero attached hydrogens (tertiary/aromatic N) is 2. The van der Waals surface area contributed by atoms with Gasteiger partial charge in [0.2, 0.25) is 5.91 Å². The fourth-order valence-electron chi connectivity index (χ4n) is 3.88. The van der Waals surface area contributed by atoms with E-state index >= 15 is 0 Å². The molecule has 1 aromatic heterocycles. The Bertz CT molecular complexity index is 987. The lowest BCUT2D eigenvalue weighted by molar-refractivity contribution is -0.134. The number of imidazole rings is 1. The van der Waals surface area contributed by atoms with Crippen LogP contribution in [-0.2, 0) is 11.2 Å². The van der Waals surface area contributed by atoms with Crippen molar-refractivity contribution in [3.05, 3.63) is 71.9 Å². The molecule has 5 nitrogen and oxygen atoms in total. The van der Waals surface area contributed by atoms with Crippen molar-refractivity contribution in [2.24, 2.45) is 0 Å². The molecule has 1 aliphatic rings. The molecule has 2 heterocycles. The fourth-order valence-corrected chi connectivity index (χ4v) is 3.88. The number of ether oxygens (including phenoxy) is 1. The van der Waals surface area contributed by atoms with Crippen molar-refractivity contribution < 1.29 is 13.9 Å². The number of halogens is 1. The van der Waals surface area contributed by atoms with Crippen LogP contribution in [0.15, 0.2) is 54.7 Å². The van der Waals surface area contributed by atoms with Crippen LogP contribution in [0.2, 0.25) is 0 Å². The number of amides is 1. The lowest BCUT2D eigenvalue weighted by atomic mass is 10.00. The second-order valence-electron chi connectivity index (χ2n) is 7.29. The van der Waals surface area contributed by atoms with Gasteiger partial charge < -0.3 is 14.6 Å². The molecule has 0 saturated carbocycles. The van der Waals surface area contributed by atoms with E-state index in [4.69, 9.17) is 4.74 Å². The molecule has 150 valence electrons. The Morgan fingerprint density at radius 1 is 1.24 bits per heavy atom. The van der Waals surface area contributed by atoms with Crippen LogP contribution in [-0.4, -0.2) is 34.4 Å². The Hall–Kier alpha value is -3.15. The topological polar surface area (TPSA) is 58.2 Å². The third-order valence-corrected chi connectivity index (χ3v) is 5.39. The summed E-state index contributed by atoms with van der Waals surface area (Å²) < 4.78 is 18.9. The first-order valence-electron chi connectivity index (χ1n) is 9.88. The third kappa shape index (κ3) is 4.16. The van der Waals surface area contributed by atoms with Crippen molar-refractivity contribution in [1.82, 2.24) is 14.9 Å². The zero-order valence-electron chi connectivity index (χ0n) is 16.4. The highest BCUT2D eigenvalue weighted by atomic mass is 19.1. The van der Waals surface area contributed by atoms with Crippen LogP contribution in [0.5, 0.6) is 5.75 Å². The minimum absolute atomic E-state index is 0.0167. The molecule has 1 atom stereocenters. The van der Waals surface area contributed by atoms with Gasteiger partial charge in [-0.25, -0.2) is 9.37 Å². The summed E-state index contributed by atoms with van der Waals surface area (Å²) in [6.45, 7) is 0.684. The molecule has 1 amide bonds. The average molecular weight is 393 g/mol. The third-order valence-electron chi connectivity index (χ3n) is 5.39. The number of piperidine rings is 1. The summed E-state index contributed by atoms with van der Waals surface area (Å²) in [5.74, 6) is 0.516. The normalized spacial score (nSPS) is 16.6. The number of H-pyrrole nitrogens is 1. The molecule has 1 aliphatic heterocycles. The molecule has 1 fully saturated rings. The molecular weight excluding hydrogens is 369 g/mol. The quantitative estimate of drug-likeness (QED) is 0.693. The highest BCUT2D eigenvalue weighted by molar-refractivity contribution is 5.79. The van der Waals surface area contributed by atoms with Crippen LogP contribution in [0.3, 0.4) is 0 Å². The van der Waals surface area contributed by atoms with Gasteiger partial charge in [-0.3, -0.25) is 4.79 Å². The SMILES string of the molecule is COc1ccc(CC(=O)N2CCCC[C@@H]2c2ncc(-c3ccccc3)[nH]2)cc1F. The average Bonchev–Trinajstić information content (AvgIpc) is 3.25. The van der Waals surface area contributed by atoms with Gasteiger partial charge in [-0.05, 0) is 42.5 Å². The smallest absolute Gasteiger partial charge is 0.227 e. The van der Waals surface area contributed by atoms with Gasteiger partial charge in [0.15, 0.2) is 11.6 Å². The molecule has 0 spiro atoms. The number of hydrogen-bond acceptors (Lipinski definition) is 3. The van der Waals surface area contributed by atoms with Gasteiger partial charge in [0, 0.05) is 6.54 Å². The second-order valence-corrected chi connectivity index (χ2v) is 7.29. The van der Waals surface area contributed by atoms with Crippen molar-refractivity contribution in [2.45, 2.75) is 31.7 Å². The largest absolute Gasteiger partial charge is 0.494 e. The van der Waals surface area contributed by atoms with Crippen LogP contribution >= 0.6 is 0 Å². The van der Waals surface area contributed by atoms with Gasteiger partial charge in [-0.2, -0.15) is 0 Å². The number of aromatic nitrogens is 2. The number of likely N-dealkylation sites (tertiary alicyclic amines) is 1. The van der Waals surface area contributed by atoms with Crippen molar-refractivity contribution in [3.8, 4) is 17.0 Å². The number of nitrogens with one attached hydrogen (secondary N) is 1. The summed E-state index contributed by atoms with van der Waals surface area (Å²) in [5, 5.41) is 0. The number of rotatable bonds is 5. The van der Waals surface area contributed by atoms with Gasteiger partial charge in [-0.15, -0.1) is 0 Å². The summed E-state index contributed by atoms with van der Waals surface area (Å²) in [4.78, 5) is 22.9. The molecule has 4 rings (SSSR count). The summed E-state index contributed by atoms with van der Waals surface area (Å²) in [6.07, 6.45) is 4.85. The molecule has 0 bridgehead atoms. The maximum absolute atomic E-state index is 14.0. The number of aromatic amines is 1. The van der Waals surface area contributed by atoms with E-state index in [0.717, 1.165) is 36.3 Å². The molecule has 0 aliphatic carbocycles. The fraction of sp³-hybridized carbons (Fsp3) is 0.304. The van der Waals surface area contributed by atoms with E-state index in [-0.39, 0.29) is 24.1 Å².